The first-order chi connectivity index (χ1) is 23.4. The molecule has 0 bridgehead atoms. The fraction of sp³-hybridized carbons (Fsp3) is 0.556. The second kappa shape index (κ2) is 14.4. The zero-order valence-electron chi connectivity index (χ0n) is 28.5. The highest BCUT2D eigenvalue weighted by atomic mass is 16.6. The molecule has 13 nitrogen and oxygen atoms in total. The summed E-state index contributed by atoms with van der Waals surface area (Å²) >= 11 is 0. The van der Waals surface area contributed by atoms with Crippen LogP contribution in [0.1, 0.15) is 90.3 Å². The molecule has 3 amide bonds. The van der Waals surface area contributed by atoms with Gasteiger partial charge in [0.15, 0.2) is 0 Å². The lowest BCUT2D eigenvalue weighted by atomic mass is 10.0. The molecule has 1 aliphatic carbocycles. The topological polar surface area (TPSA) is 164 Å². The molecule has 3 aliphatic heterocycles. The number of amides is 3. The molecule has 264 valence electrons. The summed E-state index contributed by atoms with van der Waals surface area (Å²) < 4.78 is 5.49. The third-order valence-electron chi connectivity index (χ3n) is 10.0. The van der Waals surface area contributed by atoms with E-state index < -0.39 is 41.2 Å². The predicted molar refractivity (Wildman–Crippen MR) is 182 cm³/mol. The number of rotatable bonds is 5. The predicted octanol–water partition coefficient (Wildman–Crippen LogP) is 3.75. The molecule has 1 unspecified atom stereocenters. The number of hydrogen-bond donors (Lipinski definition) is 6. The van der Waals surface area contributed by atoms with Gasteiger partial charge in [-0.2, -0.15) is 10.7 Å². The van der Waals surface area contributed by atoms with E-state index in [1.807, 2.05) is 30.3 Å². The largest absolute Gasteiger partial charge is 0.479 e. The molecule has 0 radical (unpaired) electrons. The van der Waals surface area contributed by atoms with E-state index >= 15 is 0 Å². The van der Waals surface area contributed by atoms with Crippen molar-refractivity contribution in [2.45, 2.75) is 114 Å². The van der Waals surface area contributed by atoms with E-state index in [1.165, 1.54) is 4.90 Å². The average Bonchev–Trinajstić information content (AvgIpc) is 3.38. The Bertz CT molecular complexity index is 1520. The minimum Gasteiger partial charge on any atom is -0.479 e. The maximum absolute atomic E-state index is 14.3. The lowest BCUT2D eigenvalue weighted by Crippen LogP contribution is -2.56. The van der Waals surface area contributed by atoms with Gasteiger partial charge in [0.05, 0.1) is 6.04 Å². The number of alkyl carbamates (subject to hydrolysis) is 1. The molecule has 3 saturated heterocycles. The van der Waals surface area contributed by atoms with E-state index in [1.54, 1.807) is 25.9 Å². The molecule has 2 aromatic carbocycles. The fourth-order valence-electron chi connectivity index (χ4n) is 7.31. The third-order valence-corrected chi connectivity index (χ3v) is 10.0. The van der Waals surface area contributed by atoms with Crippen LogP contribution in [0.5, 0.6) is 0 Å². The van der Waals surface area contributed by atoms with Crippen LogP contribution in [0.2, 0.25) is 0 Å². The van der Waals surface area contributed by atoms with Crippen molar-refractivity contribution >= 4 is 23.9 Å². The van der Waals surface area contributed by atoms with E-state index in [9.17, 15) is 24.3 Å². The third kappa shape index (κ3) is 8.07. The number of carboxylic acid groups (broad SMARTS) is 1. The van der Waals surface area contributed by atoms with Crippen molar-refractivity contribution in [2.24, 2.45) is 5.92 Å². The zero-order chi connectivity index (χ0) is 34.8. The van der Waals surface area contributed by atoms with Crippen LogP contribution < -0.4 is 27.0 Å². The monoisotopic (exact) mass is 675 g/mol. The SMILES string of the molecule is CC(C)(C)OC(=O)N[C@@H]1CCCCCCC[C@@H]2C[C@]2(C(=O)O)NC(=O)[C@@H]2C[C@H](N3NNC(c4ccc(-c5ccccc5)cc4)N3)CN2C1=O. The maximum Gasteiger partial charge on any atom is 0.408 e. The van der Waals surface area contributed by atoms with Crippen LogP contribution in [-0.2, 0) is 19.1 Å². The van der Waals surface area contributed by atoms with Crippen LogP contribution in [0.3, 0.4) is 0 Å². The number of hydrogen-bond acceptors (Lipinski definition) is 9. The fourth-order valence-corrected chi connectivity index (χ4v) is 7.31. The highest BCUT2D eigenvalue weighted by Crippen LogP contribution is 2.47. The summed E-state index contributed by atoms with van der Waals surface area (Å²) in [7, 11) is 0. The number of benzene rings is 2. The standard InChI is InChI=1S/C36H49N7O6/c1-35(2,3)49-34(48)37-28-15-11-6-4-5-10-14-26-21-36(26,33(46)47)38-31(44)29-20-27(22-42(29)32(28)45)43-40-30(39-41-43)25-18-16-24(17-19-25)23-12-8-7-9-13-23/h7-9,12-13,16-19,26-30,39-41H,4-6,10-11,14-15,20-22H2,1-3H3,(H,37,48)(H,38,44)(H,46,47)/t26-,27+,28-,29+,30?,36+/m1/s1. The summed E-state index contributed by atoms with van der Waals surface area (Å²) in [5, 5.41) is 17.6. The van der Waals surface area contributed by atoms with E-state index in [-0.39, 0.29) is 37.0 Å². The first-order valence-corrected chi connectivity index (χ1v) is 17.5. The van der Waals surface area contributed by atoms with Crippen molar-refractivity contribution in [2.75, 3.05) is 6.54 Å². The molecular weight excluding hydrogens is 626 g/mol. The van der Waals surface area contributed by atoms with Crippen LogP contribution in [0.25, 0.3) is 11.1 Å². The number of carbonyl (C=O) groups excluding carboxylic acids is 3. The van der Waals surface area contributed by atoms with Crippen LogP contribution in [0, 0.1) is 5.92 Å². The van der Waals surface area contributed by atoms with Crippen molar-refractivity contribution in [3.8, 4) is 11.1 Å². The number of ether oxygens (including phenoxy) is 1. The van der Waals surface area contributed by atoms with Crippen molar-refractivity contribution in [3.63, 3.8) is 0 Å². The van der Waals surface area contributed by atoms with Crippen molar-refractivity contribution in [3.05, 3.63) is 60.2 Å². The molecule has 0 spiro atoms. The zero-order valence-corrected chi connectivity index (χ0v) is 28.5. The van der Waals surface area contributed by atoms with Crippen LogP contribution in [0.15, 0.2) is 54.6 Å². The van der Waals surface area contributed by atoms with Gasteiger partial charge < -0.3 is 25.4 Å². The number of aliphatic carboxylic acids is 1. The lowest BCUT2D eigenvalue weighted by molar-refractivity contribution is -0.146. The van der Waals surface area contributed by atoms with Gasteiger partial charge in [-0.25, -0.2) is 20.4 Å². The van der Waals surface area contributed by atoms with Crippen LogP contribution >= 0.6 is 0 Å². The minimum atomic E-state index is -1.32. The Balaban J connectivity index is 1.21. The summed E-state index contributed by atoms with van der Waals surface area (Å²) in [5.41, 5.74) is 11.0. The second-order valence-electron chi connectivity index (χ2n) is 14.8. The number of hydrazine groups is 3. The summed E-state index contributed by atoms with van der Waals surface area (Å²) in [6, 6.07) is 16.2. The Kier molecular flexibility index (Phi) is 10.3. The van der Waals surface area contributed by atoms with Gasteiger partial charge in [-0.15, -0.1) is 0 Å². The van der Waals surface area contributed by atoms with Gasteiger partial charge in [-0.05, 0) is 69.1 Å². The molecule has 6 N–H and O–H groups in total. The van der Waals surface area contributed by atoms with E-state index in [0.717, 1.165) is 48.8 Å². The van der Waals surface area contributed by atoms with Gasteiger partial charge in [0.25, 0.3) is 0 Å². The number of fused-ring (bicyclic) bond motifs is 2. The van der Waals surface area contributed by atoms with Crippen molar-refractivity contribution < 1.29 is 29.0 Å². The van der Waals surface area contributed by atoms with Gasteiger partial charge in [0.2, 0.25) is 11.8 Å². The van der Waals surface area contributed by atoms with Gasteiger partial charge in [-0.1, -0.05) is 86.7 Å². The number of nitrogens with one attached hydrogen (secondary N) is 5. The highest BCUT2D eigenvalue weighted by Gasteiger charge is 2.62. The highest BCUT2D eigenvalue weighted by molar-refractivity contribution is 5.96. The Morgan fingerprint density at radius 3 is 2.31 bits per heavy atom. The van der Waals surface area contributed by atoms with Crippen LogP contribution in [-0.4, -0.2) is 74.8 Å². The lowest BCUT2D eigenvalue weighted by Gasteiger charge is -2.30. The van der Waals surface area contributed by atoms with E-state index in [2.05, 4.69) is 51.3 Å². The molecule has 13 heteroatoms. The number of carboxylic acids is 1. The molecule has 1 saturated carbocycles. The smallest absolute Gasteiger partial charge is 0.408 e. The maximum atomic E-state index is 14.3. The van der Waals surface area contributed by atoms with Crippen molar-refractivity contribution in [1.82, 2.24) is 37.0 Å². The Morgan fingerprint density at radius 2 is 1.61 bits per heavy atom. The molecule has 4 aliphatic rings. The molecular formula is C36H49N7O6. The quantitative estimate of drug-likeness (QED) is 0.275. The molecule has 6 rings (SSSR count). The van der Waals surface area contributed by atoms with Gasteiger partial charge in [-0.3, -0.25) is 9.59 Å². The normalized spacial score (nSPS) is 29.9. The summed E-state index contributed by atoms with van der Waals surface area (Å²) in [6.07, 6.45) is 5.13. The summed E-state index contributed by atoms with van der Waals surface area (Å²) in [4.78, 5) is 55.1. The first kappa shape index (κ1) is 34.8. The molecule has 49 heavy (non-hydrogen) atoms. The Hall–Kier alpha value is -4.04. The molecule has 4 fully saturated rings. The molecule has 6 atom stereocenters. The second-order valence-corrected chi connectivity index (χ2v) is 14.8. The van der Waals surface area contributed by atoms with E-state index in [4.69, 9.17) is 4.74 Å². The average molecular weight is 676 g/mol. The summed E-state index contributed by atoms with van der Waals surface area (Å²) in [5.74, 6) is -2.06. The molecule has 0 aromatic heterocycles. The number of nitrogens with zero attached hydrogens (tertiary/aromatic N) is 2. The van der Waals surface area contributed by atoms with Gasteiger partial charge in [0.1, 0.15) is 29.4 Å². The van der Waals surface area contributed by atoms with E-state index in [0.29, 0.717) is 19.3 Å². The Morgan fingerprint density at radius 1 is 0.939 bits per heavy atom. The number of carbonyl (C=O) groups is 4. The summed E-state index contributed by atoms with van der Waals surface area (Å²) in [6.45, 7) is 5.45. The van der Waals surface area contributed by atoms with Gasteiger partial charge in [0, 0.05) is 6.54 Å². The molecule has 3 heterocycles. The van der Waals surface area contributed by atoms with Crippen LogP contribution in [0.4, 0.5) is 4.79 Å². The van der Waals surface area contributed by atoms with Gasteiger partial charge >= 0.3 is 12.1 Å². The minimum absolute atomic E-state index is 0.137. The first-order valence-electron chi connectivity index (χ1n) is 17.5. The molecule has 2 aromatic rings. The Labute approximate surface area is 287 Å². The van der Waals surface area contributed by atoms with Crippen molar-refractivity contribution in [1.29, 1.82) is 0 Å².